The van der Waals surface area contributed by atoms with E-state index < -0.39 is 0 Å². The Labute approximate surface area is 74.6 Å². The van der Waals surface area contributed by atoms with Crippen molar-refractivity contribution < 1.29 is 0 Å². The number of fused-ring (bicyclic) bond motifs is 1. The van der Waals surface area contributed by atoms with Gasteiger partial charge >= 0.3 is 0 Å². The molecule has 1 aliphatic rings. The molecule has 0 heteroatoms. The van der Waals surface area contributed by atoms with Gasteiger partial charge in [0.1, 0.15) is 0 Å². The molecule has 1 aromatic carbocycles. The highest BCUT2D eigenvalue weighted by Crippen LogP contribution is 2.44. The summed E-state index contributed by atoms with van der Waals surface area (Å²) in [6, 6.07) is 8.85. The minimum absolute atomic E-state index is 0.399. The lowest BCUT2D eigenvalue weighted by molar-refractivity contribution is 0.489. The molecule has 0 N–H and O–H groups in total. The van der Waals surface area contributed by atoms with Gasteiger partial charge in [0.05, 0.1) is 0 Å². The summed E-state index contributed by atoms with van der Waals surface area (Å²) in [5, 5.41) is 0. The lowest BCUT2D eigenvalue weighted by Crippen LogP contribution is -2.11. The van der Waals surface area contributed by atoms with Gasteiger partial charge < -0.3 is 0 Å². The molecule has 0 bridgehead atoms. The second kappa shape index (κ2) is 2.35. The molecular weight excluding hydrogens is 144 g/mol. The fourth-order valence-electron chi connectivity index (χ4n) is 2.53. The van der Waals surface area contributed by atoms with Crippen LogP contribution in [-0.4, -0.2) is 0 Å². The molecule has 1 atom stereocenters. The van der Waals surface area contributed by atoms with Gasteiger partial charge in [-0.1, -0.05) is 45.0 Å². The molecule has 0 fully saturated rings. The second-order valence-corrected chi connectivity index (χ2v) is 4.58. The van der Waals surface area contributed by atoms with Crippen molar-refractivity contribution in [3.05, 3.63) is 35.4 Å². The topological polar surface area (TPSA) is 0 Å². The highest BCUT2D eigenvalue weighted by atomic mass is 14.4. The minimum atomic E-state index is 0.399. The van der Waals surface area contributed by atoms with Crippen LogP contribution < -0.4 is 0 Å². The van der Waals surface area contributed by atoms with Crippen molar-refractivity contribution >= 4 is 0 Å². The van der Waals surface area contributed by atoms with E-state index in [9.17, 15) is 0 Å². The third-order valence-electron chi connectivity index (χ3n) is 3.04. The lowest BCUT2D eigenvalue weighted by Gasteiger charge is -2.18. The van der Waals surface area contributed by atoms with Gasteiger partial charge in [0.25, 0.3) is 0 Å². The fraction of sp³-hybridized carbons (Fsp3) is 0.500. The molecule has 1 aromatic rings. The predicted molar refractivity (Wildman–Crippen MR) is 52.5 cm³/mol. The second-order valence-electron chi connectivity index (χ2n) is 4.58. The fourth-order valence-corrected chi connectivity index (χ4v) is 2.53. The first-order valence-corrected chi connectivity index (χ1v) is 4.71. The van der Waals surface area contributed by atoms with Crippen LogP contribution in [0.25, 0.3) is 0 Å². The normalized spacial score (nSPS) is 25.4. The van der Waals surface area contributed by atoms with Gasteiger partial charge in [-0.2, -0.15) is 0 Å². The molecule has 0 radical (unpaired) electrons. The molecule has 0 saturated heterocycles. The molecule has 1 unspecified atom stereocenters. The Morgan fingerprint density at radius 2 is 1.92 bits per heavy atom. The van der Waals surface area contributed by atoms with Crippen molar-refractivity contribution in [1.82, 2.24) is 0 Å². The van der Waals surface area contributed by atoms with E-state index in [4.69, 9.17) is 0 Å². The number of benzene rings is 1. The molecule has 0 saturated carbocycles. The zero-order chi connectivity index (χ0) is 8.77. The van der Waals surface area contributed by atoms with Crippen LogP contribution in [0.1, 0.15) is 44.2 Å². The average Bonchev–Trinajstić information content (AvgIpc) is 2.25. The van der Waals surface area contributed by atoms with Crippen LogP contribution in [-0.2, 0) is 5.41 Å². The molecule has 0 aromatic heterocycles. The quantitative estimate of drug-likeness (QED) is 0.545. The van der Waals surface area contributed by atoms with Crippen LogP contribution in [0.4, 0.5) is 0 Å². The van der Waals surface area contributed by atoms with E-state index >= 15 is 0 Å². The van der Waals surface area contributed by atoms with E-state index in [1.807, 2.05) is 0 Å². The van der Waals surface area contributed by atoms with Gasteiger partial charge in [0.15, 0.2) is 0 Å². The van der Waals surface area contributed by atoms with Crippen molar-refractivity contribution in [3.8, 4) is 0 Å². The number of rotatable bonds is 0. The molecule has 2 rings (SSSR count). The lowest BCUT2D eigenvalue weighted by atomic mass is 9.86. The van der Waals surface area contributed by atoms with Crippen LogP contribution in [0.3, 0.4) is 0 Å². The van der Waals surface area contributed by atoms with Crippen molar-refractivity contribution in [2.75, 3.05) is 0 Å². The Bertz CT molecular complexity index is 297. The SMILES string of the molecule is CC1CC(C)(C)c2ccccc21. The standard InChI is InChI=1S/C12H16/c1-9-8-12(2,3)11-7-5-4-6-10(9)11/h4-7,9H,8H2,1-3H3. The predicted octanol–water partition coefficient (Wildman–Crippen LogP) is 3.47. The molecule has 0 heterocycles. The highest BCUT2D eigenvalue weighted by Gasteiger charge is 2.33. The Balaban J connectivity index is 2.58. The van der Waals surface area contributed by atoms with E-state index in [1.165, 1.54) is 6.42 Å². The largest absolute Gasteiger partial charge is 0.0620 e. The van der Waals surface area contributed by atoms with Crippen LogP contribution in [0, 0.1) is 0 Å². The monoisotopic (exact) mass is 160 g/mol. The maximum absolute atomic E-state index is 2.34. The Morgan fingerprint density at radius 1 is 1.25 bits per heavy atom. The molecule has 0 spiro atoms. The Morgan fingerprint density at radius 3 is 2.58 bits per heavy atom. The molecule has 1 aliphatic carbocycles. The van der Waals surface area contributed by atoms with Gasteiger partial charge in [-0.05, 0) is 28.9 Å². The summed E-state index contributed by atoms with van der Waals surface area (Å²) in [4.78, 5) is 0. The van der Waals surface area contributed by atoms with Gasteiger partial charge in [-0.25, -0.2) is 0 Å². The molecular formula is C12H16. The van der Waals surface area contributed by atoms with Crippen molar-refractivity contribution in [3.63, 3.8) is 0 Å². The molecule has 0 amide bonds. The van der Waals surface area contributed by atoms with Crippen LogP contribution in [0.15, 0.2) is 24.3 Å². The number of hydrogen-bond donors (Lipinski definition) is 0. The first-order chi connectivity index (χ1) is 5.61. The van der Waals surface area contributed by atoms with Gasteiger partial charge in [0, 0.05) is 0 Å². The van der Waals surface area contributed by atoms with Crippen LogP contribution >= 0.6 is 0 Å². The average molecular weight is 160 g/mol. The highest BCUT2D eigenvalue weighted by molar-refractivity contribution is 5.40. The van der Waals surface area contributed by atoms with E-state index in [1.54, 1.807) is 11.1 Å². The van der Waals surface area contributed by atoms with E-state index in [0.29, 0.717) is 5.41 Å². The van der Waals surface area contributed by atoms with Gasteiger partial charge in [-0.3, -0.25) is 0 Å². The van der Waals surface area contributed by atoms with E-state index in [0.717, 1.165) is 5.92 Å². The maximum Gasteiger partial charge on any atom is -0.00950 e. The van der Waals surface area contributed by atoms with Crippen molar-refractivity contribution in [1.29, 1.82) is 0 Å². The van der Waals surface area contributed by atoms with Crippen LogP contribution in [0.5, 0.6) is 0 Å². The number of hydrogen-bond acceptors (Lipinski definition) is 0. The summed E-state index contributed by atoms with van der Waals surface area (Å²) in [6.45, 7) is 7.01. The van der Waals surface area contributed by atoms with E-state index in [-0.39, 0.29) is 0 Å². The zero-order valence-corrected chi connectivity index (χ0v) is 8.09. The maximum atomic E-state index is 2.34. The van der Waals surface area contributed by atoms with Gasteiger partial charge in [0.2, 0.25) is 0 Å². The van der Waals surface area contributed by atoms with Crippen molar-refractivity contribution in [2.24, 2.45) is 0 Å². The van der Waals surface area contributed by atoms with Crippen LogP contribution in [0.2, 0.25) is 0 Å². The summed E-state index contributed by atoms with van der Waals surface area (Å²) in [5.74, 6) is 0.746. The minimum Gasteiger partial charge on any atom is -0.0620 e. The summed E-state index contributed by atoms with van der Waals surface area (Å²) in [6.07, 6.45) is 1.30. The zero-order valence-electron chi connectivity index (χ0n) is 8.09. The smallest absolute Gasteiger partial charge is 0.00950 e. The summed E-state index contributed by atoms with van der Waals surface area (Å²) in [7, 11) is 0. The molecule has 0 nitrogen and oxygen atoms in total. The first kappa shape index (κ1) is 7.85. The third kappa shape index (κ3) is 0.979. The van der Waals surface area contributed by atoms with Crippen molar-refractivity contribution in [2.45, 2.75) is 38.5 Å². The van der Waals surface area contributed by atoms with Gasteiger partial charge in [-0.15, -0.1) is 0 Å². The Hall–Kier alpha value is -0.780. The summed E-state index contributed by atoms with van der Waals surface area (Å²) in [5.41, 5.74) is 3.51. The summed E-state index contributed by atoms with van der Waals surface area (Å²) < 4.78 is 0. The molecule has 64 valence electrons. The summed E-state index contributed by atoms with van der Waals surface area (Å²) >= 11 is 0. The Kier molecular flexibility index (Phi) is 1.54. The molecule has 12 heavy (non-hydrogen) atoms. The molecule has 0 aliphatic heterocycles. The first-order valence-electron chi connectivity index (χ1n) is 4.71. The third-order valence-corrected chi connectivity index (χ3v) is 3.04. The van der Waals surface area contributed by atoms with E-state index in [2.05, 4.69) is 45.0 Å².